The maximum Gasteiger partial charge on any atom is 0.123 e. The Labute approximate surface area is 113 Å². The molecule has 0 aromatic heterocycles. The average Bonchev–Trinajstić information content (AvgIpc) is 2.45. The second kappa shape index (κ2) is 6.77. The molecule has 0 bridgehead atoms. The smallest absolute Gasteiger partial charge is 0.123 e. The van der Waals surface area contributed by atoms with Gasteiger partial charge in [-0.3, -0.25) is 0 Å². The number of nitriles is 1. The fourth-order valence-electron chi connectivity index (χ4n) is 2.19. The van der Waals surface area contributed by atoms with Crippen molar-refractivity contribution < 1.29 is 4.74 Å². The van der Waals surface area contributed by atoms with Gasteiger partial charge in [0.1, 0.15) is 5.75 Å². The first-order valence-corrected chi connectivity index (χ1v) is 6.57. The summed E-state index contributed by atoms with van der Waals surface area (Å²) in [5.41, 5.74) is 6.86. The maximum atomic E-state index is 8.52. The number of rotatable bonds is 6. The number of benzene rings is 2. The lowest BCUT2D eigenvalue weighted by Gasteiger charge is -2.13. The van der Waals surface area contributed by atoms with Crippen molar-refractivity contribution in [3.05, 3.63) is 42.0 Å². The molecule has 19 heavy (non-hydrogen) atoms. The van der Waals surface area contributed by atoms with Crippen LogP contribution in [-0.4, -0.2) is 13.2 Å². The van der Waals surface area contributed by atoms with Gasteiger partial charge in [0.25, 0.3) is 0 Å². The van der Waals surface area contributed by atoms with Crippen molar-refractivity contribution in [2.45, 2.75) is 19.3 Å². The first-order valence-electron chi connectivity index (χ1n) is 6.57. The van der Waals surface area contributed by atoms with Crippen LogP contribution in [-0.2, 0) is 6.42 Å². The highest BCUT2D eigenvalue weighted by molar-refractivity contribution is 5.87. The molecule has 0 amide bonds. The normalized spacial score (nSPS) is 10.3. The first kappa shape index (κ1) is 13.4. The van der Waals surface area contributed by atoms with Crippen LogP contribution < -0.4 is 10.5 Å². The van der Waals surface area contributed by atoms with Gasteiger partial charge in [0.2, 0.25) is 0 Å². The van der Waals surface area contributed by atoms with Crippen LogP contribution in [0.25, 0.3) is 10.8 Å². The predicted octanol–water partition coefficient (Wildman–Crippen LogP) is 3.02. The molecule has 2 rings (SSSR count). The van der Waals surface area contributed by atoms with Gasteiger partial charge in [-0.05, 0) is 36.2 Å². The molecule has 0 aliphatic carbocycles. The van der Waals surface area contributed by atoms with Crippen molar-refractivity contribution in [3.8, 4) is 11.8 Å². The van der Waals surface area contributed by atoms with E-state index in [-0.39, 0.29) is 0 Å². The van der Waals surface area contributed by atoms with Crippen LogP contribution >= 0.6 is 0 Å². The third-order valence-electron chi connectivity index (χ3n) is 3.08. The van der Waals surface area contributed by atoms with Crippen molar-refractivity contribution in [2.75, 3.05) is 13.2 Å². The third-order valence-corrected chi connectivity index (χ3v) is 3.08. The number of nitrogens with two attached hydrogens (primary N) is 1. The predicted molar refractivity (Wildman–Crippen MR) is 77.0 cm³/mol. The molecule has 0 heterocycles. The SMILES string of the molecule is N#CCCCOc1ccc2ccccc2c1CCN. The van der Waals surface area contributed by atoms with E-state index < -0.39 is 0 Å². The number of nitrogens with zero attached hydrogens (tertiary/aromatic N) is 1. The summed E-state index contributed by atoms with van der Waals surface area (Å²) in [7, 11) is 0. The van der Waals surface area contributed by atoms with Crippen LogP contribution in [0.15, 0.2) is 36.4 Å². The summed E-state index contributed by atoms with van der Waals surface area (Å²) in [5.74, 6) is 0.891. The van der Waals surface area contributed by atoms with E-state index in [1.165, 1.54) is 10.8 Å². The minimum Gasteiger partial charge on any atom is -0.493 e. The van der Waals surface area contributed by atoms with Gasteiger partial charge in [-0.2, -0.15) is 5.26 Å². The minimum atomic E-state index is 0.528. The van der Waals surface area contributed by atoms with Crippen molar-refractivity contribution in [1.82, 2.24) is 0 Å². The Kier molecular flexibility index (Phi) is 4.77. The first-order chi connectivity index (χ1) is 9.36. The molecule has 2 aromatic rings. The second-order valence-corrected chi connectivity index (χ2v) is 4.41. The topological polar surface area (TPSA) is 59.0 Å². The molecule has 98 valence electrons. The lowest BCUT2D eigenvalue weighted by Crippen LogP contribution is -2.06. The van der Waals surface area contributed by atoms with Crippen molar-refractivity contribution >= 4 is 10.8 Å². The molecular formula is C16H18N2O. The fourth-order valence-corrected chi connectivity index (χ4v) is 2.19. The Hall–Kier alpha value is -2.05. The molecule has 0 unspecified atom stereocenters. The Morgan fingerprint density at radius 3 is 2.79 bits per heavy atom. The van der Waals surface area contributed by atoms with Gasteiger partial charge in [-0.25, -0.2) is 0 Å². The summed E-state index contributed by atoms with van der Waals surface area (Å²) in [6, 6.07) is 14.4. The second-order valence-electron chi connectivity index (χ2n) is 4.41. The van der Waals surface area contributed by atoms with Crippen molar-refractivity contribution in [3.63, 3.8) is 0 Å². The lowest BCUT2D eigenvalue weighted by atomic mass is 10.0. The van der Waals surface area contributed by atoms with Crippen LogP contribution in [0.1, 0.15) is 18.4 Å². The molecule has 3 nitrogen and oxygen atoms in total. The standard InChI is InChI=1S/C16H18N2O/c17-10-3-4-12-19-16-8-7-13-5-1-2-6-14(13)15(16)9-11-18/h1-2,5-8H,3-4,9,11-12,18H2. The van der Waals surface area contributed by atoms with Crippen molar-refractivity contribution in [2.24, 2.45) is 5.73 Å². The Balaban J connectivity index is 2.27. The molecule has 0 saturated carbocycles. The van der Waals surface area contributed by atoms with E-state index in [1.807, 2.05) is 18.2 Å². The number of hydrogen-bond acceptors (Lipinski definition) is 3. The van der Waals surface area contributed by atoms with Crippen LogP contribution in [0, 0.1) is 11.3 Å². The summed E-state index contributed by atoms with van der Waals surface area (Å²) in [4.78, 5) is 0. The van der Waals surface area contributed by atoms with E-state index in [2.05, 4.69) is 24.3 Å². The van der Waals surface area contributed by atoms with Crippen molar-refractivity contribution in [1.29, 1.82) is 5.26 Å². The summed E-state index contributed by atoms with van der Waals surface area (Å²) < 4.78 is 5.79. The van der Waals surface area contributed by atoms with E-state index >= 15 is 0 Å². The highest BCUT2D eigenvalue weighted by atomic mass is 16.5. The quantitative estimate of drug-likeness (QED) is 0.806. The molecule has 0 aliphatic rings. The molecule has 0 atom stereocenters. The van der Waals surface area contributed by atoms with E-state index in [0.717, 1.165) is 24.2 Å². The highest BCUT2D eigenvalue weighted by Gasteiger charge is 2.07. The maximum absolute atomic E-state index is 8.52. The Bertz CT molecular complexity index is 587. The van der Waals surface area contributed by atoms with Gasteiger partial charge < -0.3 is 10.5 Å². The van der Waals surface area contributed by atoms with E-state index in [1.54, 1.807) is 0 Å². The van der Waals surface area contributed by atoms with Gasteiger partial charge in [0, 0.05) is 12.0 Å². The zero-order chi connectivity index (χ0) is 13.5. The van der Waals surface area contributed by atoms with Crippen LogP contribution in [0.3, 0.4) is 0 Å². The monoisotopic (exact) mass is 254 g/mol. The zero-order valence-electron chi connectivity index (χ0n) is 10.9. The number of unbranched alkanes of at least 4 members (excludes halogenated alkanes) is 1. The van der Waals surface area contributed by atoms with Gasteiger partial charge in [0.05, 0.1) is 12.7 Å². The third kappa shape index (κ3) is 3.24. The molecule has 0 saturated heterocycles. The largest absolute Gasteiger partial charge is 0.493 e. The Morgan fingerprint density at radius 1 is 1.16 bits per heavy atom. The highest BCUT2D eigenvalue weighted by Crippen LogP contribution is 2.28. The Morgan fingerprint density at radius 2 is 2.00 bits per heavy atom. The van der Waals surface area contributed by atoms with Crippen LogP contribution in [0.5, 0.6) is 5.75 Å². The molecule has 0 radical (unpaired) electrons. The summed E-state index contributed by atoms with van der Waals surface area (Å²) >= 11 is 0. The molecule has 0 fully saturated rings. The van der Waals surface area contributed by atoms with E-state index in [9.17, 15) is 0 Å². The molecule has 0 aliphatic heterocycles. The summed E-state index contributed by atoms with van der Waals surface area (Å²) in [5, 5.41) is 10.9. The minimum absolute atomic E-state index is 0.528. The van der Waals surface area contributed by atoms with E-state index in [0.29, 0.717) is 19.6 Å². The molecule has 3 heteroatoms. The fraction of sp³-hybridized carbons (Fsp3) is 0.312. The zero-order valence-corrected chi connectivity index (χ0v) is 10.9. The van der Waals surface area contributed by atoms with Crippen LogP contribution in [0.2, 0.25) is 0 Å². The lowest BCUT2D eigenvalue weighted by molar-refractivity contribution is 0.310. The molecule has 2 N–H and O–H groups in total. The molecular weight excluding hydrogens is 236 g/mol. The number of fused-ring (bicyclic) bond motifs is 1. The van der Waals surface area contributed by atoms with Gasteiger partial charge in [0.15, 0.2) is 0 Å². The average molecular weight is 254 g/mol. The number of hydrogen-bond donors (Lipinski definition) is 1. The van der Waals surface area contributed by atoms with Gasteiger partial charge in [-0.15, -0.1) is 0 Å². The number of ether oxygens (including phenoxy) is 1. The summed E-state index contributed by atoms with van der Waals surface area (Å²) in [6.45, 7) is 1.17. The molecule has 0 spiro atoms. The van der Waals surface area contributed by atoms with Crippen LogP contribution in [0.4, 0.5) is 0 Å². The van der Waals surface area contributed by atoms with Gasteiger partial charge >= 0.3 is 0 Å². The molecule has 2 aromatic carbocycles. The summed E-state index contributed by atoms with van der Waals surface area (Å²) in [6.07, 6.45) is 2.08. The van der Waals surface area contributed by atoms with E-state index in [4.69, 9.17) is 15.7 Å². The van der Waals surface area contributed by atoms with Gasteiger partial charge in [-0.1, -0.05) is 30.3 Å².